The highest BCUT2D eigenvalue weighted by atomic mass is 19.1. The second-order valence-corrected chi connectivity index (χ2v) is 4.77. The molecule has 0 saturated heterocycles. The Morgan fingerprint density at radius 3 is 2.62 bits per heavy atom. The minimum absolute atomic E-state index is 0.0559. The van der Waals surface area contributed by atoms with Crippen molar-refractivity contribution in [2.45, 2.75) is 26.3 Å². The van der Waals surface area contributed by atoms with Crippen molar-refractivity contribution in [1.82, 2.24) is 10.6 Å². The van der Waals surface area contributed by atoms with Crippen LogP contribution in [0.3, 0.4) is 0 Å². The third-order valence-corrected chi connectivity index (χ3v) is 2.65. The number of nitrogens with one attached hydrogen (secondary N) is 2. The van der Waals surface area contributed by atoms with Gasteiger partial charge in [0.1, 0.15) is 5.82 Å². The Hall–Kier alpha value is -2.44. The van der Waals surface area contributed by atoms with Crippen LogP contribution in [0.15, 0.2) is 24.3 Å². The maximum atomic E-state index is 12.9. The van der Waals surface area contributed by atoms with Crippen LogP contribution in [-0.4, -0.2) is 23.0 Å². The third kappa shape index (κ3) is 7.05. The third-order valence-electron chi connectivity index (χ3n) is 2.65. The summed E-state index contributed by atoms with van der Waals surface area (Å²) in [7, 11) is 0. The Morgan fingerprint density at radius 2 is 2.00 bits per heavy atom. The van der Waals surface area contributed by atoms with Crippen LogP contribution in [0.5, 0.6) is 0 Å². The van der Waals surface area contributed by atoms with Gasteiger partial charge in [-0.05, 0) is 23.6 Å². The van der Waals surface area contributed by atoms with Crippen LogP contribution < -0.4 is 10.6 Å². The molecule has 3 N–H and O–H groups in total. The summed E-state index contributed by atoms with van der Waals surface area (Å²) in [6, 6.07) is 5.02. The van der Waals surface area contributed by atoms with Gasteiger partial charge in [-0.25, -0.2) is 9.18 Å². The first-order chi connectivity index (χ1) is 9.86. The van der Waals surface area contributed by atoms with E-state index < -0.39 is 23.7 Å². The fraction of sp³-hybridized carbons (Fsp3) is 0.357. The average molecular weight is 296 g/mol. The molecule has 1 rings (SSSR count). The Labute approximate surface area is 121 Å². The molecule has 3 amide bonds. The van der Waals surface area contributed by atoms with Gasteiger partial charge in [0.05, 0.1) is 0 Å². The lowest BCUT2D eigenvalue weighted by molar-refractivity contribution is -0.138. The topological polar surface area (TPSA) is 95.5 Å². The Kier molecular flexibility index (Phi) is 6.32. The summed E-state index contributed by atoms with van der Waals surface area (Å²) in [4.78, 5) is 33.4. The van der Waals surface area contributed by atoms with Crippen LogP contribution in [0.4, 0.5) is 9.18 Å². The molecule has 114 valence electrons. The minimum atomic E-state index is -0.995. The fourth-order valence-corrected chi connectivity index (χ4v) is 1.74. The SMILES string of the molecule is CC(CC(=O)O)CC(=O)NC(=O)NCc1cccc(F)c1. The van der Waals surface area contributed by atoms with Gasteiger partial charge in [-0.1, -0.05) is 19.1 Å². The first-order valence-electron chi connectivity index (χ1n) is 6.40. The number of imide groups is 1. The number of hydrogen-bond acceptors (Lipinski definition) is 3. The molecule has 0 aliphatic heterocycles. The molecule has 0 saturated carbocycles. The first-order valence-corrected chi connectivity index (χ1v) is 6.40. The van der Waals surface area contributed by atoms with Crippen molar-refractivity contribution in [3.63, 3.8) is 0 Å². The monoisotopic (exact) mass is 296 g/mol. The van der Waals surface area contributed by atoms with E-state index in [1.165, 1.54) is 18.2 Å². The van der Waals surface area contributed by atoms with Crippen LogP contribution in [-0.2, 0) is 16.1 Å². The van der Waals surface area contributed by atoms with Crippen LogP contribution >= 0.6 is 0 Å². The molecule has 0 bridgehead atoms. The number of carbonyl (C=O) groups is 3. The predicted octanol–water partition coefficient (Wildman–Crippen LogP) is 1.65. The number of amides is 3. The van der Waals surface area contributed by atoms with E-state index in [2.05, 4.69) is 10.6 Å². The zero-order valence-electron chi connectivity index (χ0n) is 11.6. The largest absolute Gasteiger partial charge is 0.481 e. The van der Waals surface area contributed by atoms with E-state index in [1.807, 2.05) is 0 Å². The molecule has 1 aromatic carbocycles. The summed E-state index contributed by atoms with van der Waals surface area (Å²) < 4.78 is 12.9. The van der Waals surface area contributed by atoms with E-state index in [-0.39, 0.29) is 25.3 Å². The summed E-state index contributed by atoms with van der Waals surface area (Å²) >= 11 is 0. The van der Waals surface area contributed by atoms with Gasteiger partial charge in [0.25, 0.3) is 0 Å². The standard InChI is InChI=1S/C14H17FN2O4/c1-9(6-13(19)20)5-12(18)17-14(21)16-8-10-3-2-4-11(15)7-10/h2-4,7,9H,5-6,8H2,1H3,(H,19,20)(H2,16,17,18,21). The molecule has 0 aliphatic carbocycles. The number of aliphatic carboxylic acids is 1. The van der Waals surface area contributed by atoms with Gasteiger partial charge >= 0.3 is 12.0 Å². The molecule has 0 spiro atoms. The number of urea groups is 1. The molecule has 6 nitrogen and oxygen atoms in total. The van der Waals surface area contributed by atoms with E-state index in [9.17, 15) is 18.8 Å². The number of carboxylic acids is 1. The van der Waals surface area contributed by atoms with Crippen molar-refractivity contribution in [3.05, 3.63) is 35.6 Å². The number of benzene rings is 1. The molecule has 21 heavy (non-hydrogen) atoms. The zero-order chi connectivity index (χ0) is 15.8. The number of rotatable bonds is 6. The second kappa shape index (κ2) is 7.98. The van der Waals surface area contributed by atoms with Crippen LogP contribution in [0, 0.1) is 11.7 Å². The van der Waals surface area contributed by atoms with Gasteiger partial charge in [0, 0.05) is 19.4 Å². The van der Waals surface area contributed by atoms with Gasteiger partial charge in [0.15, 0.2) is 0 Å². The van der Waals surface area contributed by atoms with Gasteiger partial charge in [-0.3, -0.25) is 14.9 Å². The summed E-state index contributed by atoms with van der Waals surface area (Å²) in [5, 5.41) is 13.1. The second-order valence-electron chi connectivity index (χ2n) is 4.77. The maximum absolute atomic E-state index is 12.9. The Morgan fingerprint density at radius 1 is 1.29 bits per heavy atom. The van der Waals surface area contributed by atoms with Crippen LogP contribution in [0.2, 0.25) is 0 Å². The lowest BCUT2D eigenvalue weighted by Gasteiger charge is -2.09. The molecule has 1 aromatic rings. The molecule has 1 atom stereocenters. The summed E-state index contributed by atoms with van der Waals surface area (Å²) in [6.45, 7) is 1.69. The molecule has 0 heterocycles. The number of hydrogen-bond donors (Lipinski definition) is 3. The molecule has 1 unspecified atom stereocenters. The Balaban J connectivity index is 2.33. The van der Waals surface area contributed by atoms with Gasteiger partial charge in [-0.2, -0.15) is 0 Å². The molecule has 7 heteroatoms. The summed E-state index contributed by atoms with van der Waals surface area (Å²) in [5.74, 6) is -2.32. The van der Waals surface area contributed by atoms with E-state index >= 15 is 0 Å². The van der Waals surface area contributed by atoms with Gasteiger partial charge in [-0.15, -0.1) is 0 Å². The van der Waals surface area contributed by atoms with Crippen molar-refractivity contribution in [2.75, 3.05) is 0 Å². The van der Waals surface area contributed by atoms with Crippen molar-refractivity contribution in [2.24, 2.45) is 5.92 Å². The Bertz CT molecular complexity index is 533. The highest BCUT2D eigenvalue weighted by Gasteiger charge is 2.14. The molecular weight excluding hydrogens is 279 g/mol. The highest BCUT2D eigenvalue weighted by Crippen LogP contribution is 2.07. The average Bonchev–Trinajstić information content (AvgIpc) is 2.35. The van der Waals surface area contributed by atoms with E-state index in [0.29, 0.717) is 5.56 Å². The molecule has 0 radical (unpaired) electrons. The summed E-state index contributed by atoms with van der Waals surface area (Å²) in [5.41, 5.74) is 0.567. The normalized spacial score (nSPS) is 11.5. The van der Waals surface area contributed by atoms with Crippen molar-refractivity contribution >= 4 is 17.9 Å². The lowest BCUT2D eigenvalue weighted by atomic mass is 10.0. The molecule has 0 aromatic heterocycles. The van der Waals surface area contributed by atoms with Crippen LogP contribution in [0.25, 0.3) is 0 Å². The van der Waals surface area contributed by atoms with Gasteiger partial charge < -0.3 is 10.4 Å². The van der Waals surface area contributed by atoms with E-state index in [4.69, 9.17) is 5.11 Å². The fourth-order valence-electron chi connectivity index (χ4n) is 1.74. The van der Waals surface area contributed by atoms with Gasteiger partial charge in [0.2, 0.25) is 5.91 Å². The van der Waals surface area contributed by atoms with E-state index in [1.54, 1.807) is 13.0 Å². The quantitative estimate of drug-likeness (QED) is 0.744. The maximum Gasteiger partial charge on any atom is 0.321 e. The predicted molar refractivity (Wildman–Crippen MR) is 72.8 cm³/mol. The van der Waals surface area contributed by atoms with Crippen molar-refractivity contribution < 1.29 is 23.9 Å². The molecule has 0 aliphatic rings. The first kappa shape index (κ1) is 16.6. The zero-order valence-corrected chi connectivity index (χ0v) is 11.6. The molecule has 0 fully saturated rings. The van der Waals surface area contributed by atoms with Crippen LogP contribution in [0.1, 0.15) is 25.3 Å². The lowest BCUT2D eigenvalue weighted by Crippen LogP contribution is -2.39. The number of halogens is 1. The highest BCUT2D eigenvalue weighted by molar-refractivity contribution is 5.94. The summed E-state index contributed by atoms with van der Waals surface area (Å²) in [6.07, 6.45) is -0.196. The van der Waals surface area contributed by atoms with Crippen molar-refractivity contribution in [3.8, 4) is 0 Å². The minimum Gasteiger partial charge on any atom is -0.481 e. The number of carbonyl (C=O) groups excluding carboxylic acids is 2. The smallest absolute Gasteiger partial charge is 0.321 e. The number of carboxylic acid groups (broad SMARTS) is 1. The van der Waals surface area contributed by atoms with E-state index in [0.717, 1.165) is 0 Å². The molecular formula is C14H17FN2O4. The van der Waals surface area contributed by atoms with Crippen molar-refractivity contribution in [1.29, 1.82) is 0 Å².